The highest BCUT2D eigenvalue weighted by atomic mass is 35.5. The minimum absolute atomic E-state index is 0.0686. The van der Waals surface area contributed by atoms with Gasteiger partial charge in [-0.15, -0.1) is 0 Å². The van der Waals surface area contributed by atoms with Gasteiger partial charge in [0.25, 0.3) is 11.8 Å². The molecule has 0 aliphatic carbocycles. The first-order valence-corrected chi connectivity index (χ1v) is 8.00. The summed E-state index contributed by atoms with van der Waals surface area (Å²) in [6.45, 7) is 0.207. The molecule has 5 nitrogen and oxygen atoms in total. The molecule has 0 saturated heterocycles. The highest BCUT2D eigenvalue weighted by molar-refractivity contribution is 6.32. The Morgan fingerprint density at radius 2 is 1.72 bits per heavy atom. The van der Waals surface area contributed by atoms with E-state index in [4.69, 9.17) is 11.6 Å². The number of halogens is 2. The molecule has 0 fully saturated rings. The largest absolute Gasteiger partial charge is 0.354 e. The zero-order chi connectivity index (χ0) is 18.0. The second kappa shape index (κ2) is 7.03. The molecule has 0 atom stereocenters. The van der Waals surface area contributed by atoms with Crippen LogP contribution in [0.5, 0.6) is 0 Å². The molecule has 0 spiro atoms. The zero-order valence-electron chi connectivity index (χ0n) is 13.1. The molecule has 0 aromatic heterocycles. The lowest BCUT2D eigenvalue weighted by Crippen LogP contribution is -2.38. The Labute approximate surface area is 148 Å². The Hall–Kier alpha value is -2.73. The predicted molar refractivity (Wildman–Crippen MR) is 89.9 cm³/mol. The third-order valence-electron chi connectivity index (χ3n) is 3.87. The quantitative estimate of drug-likeness (QED) is 0.833. The van der Waals surface area contributed by atoms with E-state index in [1.165, 1.54) is 36.4 Å². The van der Waals surface area contributed by atoms with Crippen molar-refractivity contribution >= 4 is 29.3 Å². The van der Waals surface area contributed by atoms with Gasteiger partial charge in [-0.3, -0.25) is 19.3 Å². The maximum atomic E-state index is 12.8. The summed E-state index contributed by atoms with van der Waals surface area (Å²) in [4.78, 5) is 37.5. The topological polar surface area (TPSA) is 66.5 Å². The lowest BCUT2D eigenvalue weighted by Gasteiger charge is -2.14. The first kappa shape index (κ1) is 17.1. The Bertz CT molecular complexity index is 852. The molecule has 0 radical (unpaired) electrons. The van der Waals surface area contributed by atoms with Crippen LogP contribution in [-0.4, -0.2) is 35.7 Å². The number of benzene rings is 2. The van der Waals surface area contributed by atoms with Gasteiger partial charge in [0, 0.05) is 18.1 Å². The van der Waals surface area contributed by atoms with Gasteiger partial charge in [-0.05, 0) is 35.9 Å². The summed E-state index contributed by atoms with van der Waals surface area (Å²) in [5.41, 5.74) is 1.26. The molecule has 1 aliphatic heterocycles. The fraction of sp³-hybridized carbons (Fsp3) is 0.167. The maximum absolute atomic E-state index is 12.8. The molecule has 0 saturated carbocycles. The van der Waals surface area contributed by atoms with Crippen molar-refractivity contribution in [3.63, 3.8) is 0 Å². The molecule has 1 aliphatic rings. The van der Waals surface area contributed by atoms with Crippen LogP contribution in [0.1, 0.15) is 26.3 Å². The van der Waals surface area contributed by atoms with Crippen LogP contribution in [-0.2, 0) is 11.2 Å². The van der Waals surface area contributed by atoms with E-state index in [2.05, 4.69) is 5.32 Å². The van der Waals surface area contributed by atoms with Crippen molar-refractivity contribution in [2.75, 3.05) is 13.1 Å². The smallest absolute Gasteiger partial charge is 0.261 e. The van der Waals surface area contributed by atoms with Crippen molar-refractivity contribution < 1.29 is 18.8 Å². The highest BCUT2D eigenvalue weighted by Gasteiger charge is 2.35. The van der Waals surface area contributed by atoms with Crippen LogP contribution in [0, 0.1) is 5.82 Å². The van der Waals surface area contributed by atoms with Crippen molar-refractivity contribution in [3.05, 3.63) is 70.0 Å². The molecule has 1 heterocycles. The zero-order valence-corrected chi connectivity index (χ0v) is 13.8. The van der Waals surface area contributed by atoms with Gasteiger partial charge in [-0.2, -0.15) is 0 Å². The molecule has 2 aromatic rings. The molecular formula is C18H14ClFN2O3. The minimum atomic E-state index is -0.421. The molecule has 2 aromatic carbocycles. The van der Waals surface area contributed by atoms with Crippen LogP contribution < -0.4 is 5.32 Å². The van der Waals surface area contributed by atoms with Crippen LogP contribution in [0.4, 0.5) is 4.39 Å². The number of carbonyl (C=O) groups excluding carboxylic acids is 3. The third kappa shape index (κ3) is 3.69. The van der Waals surface area contributed by atoms with Crippen LogP contribution in [0.15, 0.2) is 42.5 Å². The standard InChI is InChI=1S/C18H14ClFN2O3/c19-12-3-6-14-15(10-12)18(25)22(17(14)24)8-7-21-16(23)9-11-1-4-13(20)5-2-11/h1-6,10H,7-9H2,(H,21,23). The SMILES string of the molecule is O=C(Cc1ccc(F)cc1)NCCN1C(=O)c2ccc(Cl)cc2C1=O. The fourth-order valence-corrected chi connectivity index (χ4v) is 2.80. The van der Waals surface area contributed by atoms with Gasteiger partial charge < -0.3 is 5.32 Å². The minimum Gasteiger partial charge on any atom is -0.354 e. The Balaban J connectivity index is 1.54. The number of amides is 3. The van der Waals surface area contributed by atoms with Crippen LogP contribution in [0.25, 0.3) is 0 Å². The van der Waals surface area contributed by atoms with E-state index in [1.807, 2.05) is 0 Å². The molecule has 128 valence electrons. The Kier molecular flexibility index (Phi) is 4.81. The van der Waals surface area contributed by atoms with E-state index in [0.29, 0.717) is 16.1 Å². The predicted octanol–water partition coefficient (Wildman–Crippen LogP) is 2.43. The lowest BCUT2D eigenvalue weighted by atomic mass is 10.1. The van der Waals surface area contributed by atoms with Gasteiger partial charge in [-0.25, -0.2) is 4.39 Å². The summed E-state index contributed by atoms with van der Waals surface area (Å²) in [5, 5.41) is 3.03. The number of nitrogens with one attached hydrogen (secondary N) is 1. The van der Waals surface area contributed by atoms with E-state index in [9.17, 15) is 18.8 Å². The molecule has 3 rings (SSSR count). The van der Waals surface area contributed by atoms with Gasteiger partial charge >= 0.3 is 0 Å². The molecule has 7 heteroatoms. The maximum Gasteiger partial charge on any atom is 0.261 e. The summed E-state index contributed by atoms with van der Waals surface area (Å²) < 4.78 is 12.8. The van der Waals surface area contributed by atoms with E-state index in [-0.39, 0.29) is 36.8 Å². The summed E-state index contributed by atoms with van der Waals surface area (Å²) in [7, 11) is 0. The number of nitrogens with zero attached hydrogens (tertiary/aromatic N) is 1. The number of imide groups is 1. The van der Waals surface area contributed by atoms with Gasteiger partial charge in [0.05, 0.1) is 17.5 Å². The van der Waals surface area contributed by atoms with E-state index in [1.54, 1.807) is 6.07 Å². The van der Waals surface area contributed by atoms with Crippen molar-refractivity contribution in [1.29, 1.82) is 0 Å². The van der Waals surface area contributed by atoms with Crippen molar-refractivity contribution in [3.8, 4) is 0 Å². The monoisotopic (exact) mass is 360 g/mol. The average molecular weight is 361 g/mol. The molecule has 3 amide bonds. The Morgan fingerprint density at radius 3 is 2.44 bits per heavy atom. The molecular weight excluding hydrogens is 347 g/mol. The van der Waals surface area contributed by atoms with Gasteiger partial charge in [0.2, 0.25) is 5.91 Å². The van der Waals surface area contributed by atoms with Crippen molar-refractivity contribution in [2.24, 2.45) is 0 Å². The second-order valence-corrected chi connectivity index (χ2v) is 6.04. The summed E-state index contributed by atoms with van der Waals surface area (Å²) in [6, 6.07) is 10.2. The van der Waals surface area contributed by atoms with Crippen molar-refractivity contribution in [1.82, 2.24) is 10.2 Å². The molecule has 0 bridgehead atoms. The molecule has 0 unspecified atom stereocenters. The molecule has 25 heavy (non-hydrogen) atoms. The number of rotatable bonds is 5. The van der Waals surface area contributed by atoms with Crippen LogP contribution in [0.2, 0.25) is 5.02 Å². The first-order chi connectivity index (χ1) is 12.0. The highest BCUT2D eigenvalue weighted by Crippen LogP contribution is 2.25. The number of hydrogen-bond acceptors (Lipinski definition) is 3. The van der Waals surface area contributed by atoms with Crippen LogP contribution >= 0.6 is 11.6 Å². The van der Waals surface area contributed by atoms with Gasteiger partial charge in [0.15, 0.2) is 0 Å². The number of carbonyl (C=O) groups is 3. The fourth-order valence-electron chi connectivity index (χ4n) is 2.62. The van der Waals surface area contributed by atoms with E-state index in [0.717, 1.165) is 4.90 Å². The van der Waals surface area contributed by atoms with Crippen molar-refractivity contribution in [2.45, 2.75) is 6.42 Å². The van der Waals surface area contributed by atoms with E-state index >= 15 is 0 Å². The second-order valence-electron chi connectivity index (χ2n) is 5.61. The molecule has 1 N–H and O–H groups in total. The van der Waals surface area contributed by atoms with E-state index < -0.39 is 11.8 Å². The van der Waals surface area contributed by atoms with Gasteiger partial charge in [-0.1, -0.05) is 23.7 Å². The Morgan fingerprint density at radius 1 is 1.04 bits per heavy atom. The summed E-state index contributed by atoms with van der Waals surface area (Å²) >= 11 is 5.85. The van der Waals surface area contributed by atoms with Crippen LogP contribution in [0.3, 0.4) is 0 Å². The lowest BCUT2D eigenvalue weighted by molar-refractivity contribution is -0.120. The first-order valence-electron chi connectivity index (χ1n) is 7.62. The number of fused-ring (bicyclic) bond motifs is 1. The third-order valence-corrected chi connectivity index (χ3v) is 4.10. The normalized spacial score (nSPS) is 13.1. The number of hydrogen-bond donors (Lipinski definition) is 1. The average Bonchev–Trinajstić information content (AvgIpc) is 2.81. The van der Waals surface area contributed by atoms with Gasteiger partial charge in [0.1, 0.15) is 5.82 Å². The summed E-state index contributed by atoms with van der Waals surface area (Å²) in [6.07, 6.45) is 0.0952. The summed E-state index contributed by atoms with van der Waals surface area (Å²) in [5.74, 6) is -1.46.